The van der Waals surface area contributed by atoms with Crippen LogP contribution in [0.1, 0.15) is 61.3 Å². The highest BCUT2D eigenvalue weighted by atomic mass is 16.2. The quantitative estimate of drug-likeness (QED) is 0.633. The summed E-state index contributed by atoms with van der Waals surface area (Å²) in [6.45, 7) is 7.82. The number of nitrogens with zero attached hydrogens (tertiary/aromatic N) is 2. The number of carbonyl (C=O) groups is 1. The maximum Gasteiger partial charge on any atom is 0.254 e. The van der Waals surface area contributed by atoms with Gasteiger partial charge >= 0.3 is 0 Å². The van der Waals surface area contributed by atoms with Gasteiger partial charge < -0.3 is 9.88 Å². The second-order valence-electron chi connectivity index (χ2n) is 8.75. The lowest BCUT2D eigenvalue weighted by Gasteiger charge is -2.31. The number of H-pyrrole nitrogens is 1. The molecule has 29 heavy (non-hydrogen) atoms. The molecule has 1 N–H and O–H groups in total. The maximum atomic E-state index is 13.3. The molecule has 2 heterocycles. The number of rotatable bonds is 2. The standard InChI is InChI=1S/C25H27N3O/c1-25(2,3)13-10-18-6-4-8-21-20(18)7-5-9-22(21)24(29)28-16-11-19(12-17-28)23-26-14-15-27-23/h4-9,14-15,19H,11-12,16-17H2,1-3H3,(H,26,27). The van der Waals surface area contributed by atoms with E-state index in [4.69, 9.17) is 0 Å². The van der Waals surface area contributed by atoms with Gasteiger partial charge in [0.25, 0.3) is 5.91 Å². The Bertz CT molecular complexity index is 1070. The third-order valence-electron chi connectivity index (χ3n) is 5.41. The number of amides is 1. The van der Waals surface area contributed by atoms with Crippen molar-refractivity contribution in [2.24, 2.45) is 5.41 Å². The number of carbonyl (C=O) groups excluding carboxylic acids is 1. The van der Waals surface area contributed by atoms with Crippen molar-refractivity contribution in [2.45, 2.75) is 39.5 Å². The number of piperidine rings is 1. The first-order valence-electron chi connectivity index (χ1n) is 10.3. The molecule has 0 atom stereocenters. The van der Waals surface area contributed by atoms with E-state index in [2.05, 4.69) is 48.6 Å². The highest BCUT2D eigenvalue weighted by Crippen LogP contribution is 2.28. The molecule has 0 bridgehead atoms. The van der Waals surface area contributed by atoms with Crippen LogP contribution in [-0.2, 0) is 0 Å². The van der Waals surface area contributed by atoms with Crippen LogP contribution in [-0.4, -0.2) is 33.9 Å². The summed E-state index contributed by atoms with van der Waals surface area (Å²) < 4.78 is 0. The number of aromatic amines is 1. The molecular formula is C25H27N3O. The molecule has 4 nitrogen and oxygen atoms in total. The fourth-order valence-electron chi connectivity index (χ4n) is 3.89. The van der Waals surface area contributed by atoms with Crippen LogP contribution in [0.5, 0.6) is 0 Å². The van der Waals surface area contributed by atoms with Crippen LogP contribution in [0.15, 0.2) is 48.8 Å². The summed E-state index contributed by atoms with van der Waals surface area (Å²) >= 11 is 0. The predicted octanol–water partition coefficient (Wildman–Crippen LogP) is 4.98. The van der Waals surface area contributed by atoms with Crippen molar-refractivity contribution < 1.29 is 4.79 Å². The molecule has 1 aromatic heterocycles. The Morgan fingerprint density at radius 1 is 1.10 bits per heavy atom. The van der Waals surface area contributed by atoms with Crippen LogP contribution < -0.4 is 0 Å². The van der Waals surface area contributed by atoms with Crippen molar-refractivity contribution in [2.75, 3.05) is 13.1 Å². The molecule has 2 aromatic carbocycles. The molecule has 1 aliphatic heterocycles. The average Bonchev–Trinajstić information content (AvgIpc) is 3.26. The largest absolute Gasteiger partial charge is 0.348 e. The molecule has 0 saturated carbocycles. The van der Waals surface area contributed by atoms with E-state index in [0.717, 1.165) is 53.7 Å². The minimum absolute atomic E-state index is 0.0616. The van der Waals surface area contributed by atoms with E-state index in [1.807, 2.05) is 41.4 Å². The van der Waals surface area contributed by atoms with Crippen molar-refractivity contribution in [3.05, 3.63) is 65.7 Å². The molecule has 1 aliphatic rings. The Morgan fingerprint density at radius 3 is 2.52 bits per heavy atom. The summed E-state index contributed by atoms with van der Waals surface area (Å²) in [5.74, 6) is 8.16. The van der Waals surface area contributed by atoms with Gasteiger partial charge in [-0.25, -0.2) is 4.98 Å². The van der Waals surface area contributed by atoms with Crippen LogP contribution in [0, 0.1) is 17.3 Å². The topological polar surface area (TPSA) is 49.0 Å². The van der Waals surface area contributed by atoms with Crippen molar-refractivity contribution >= 4 is 16.7 Å². The van der Waals surface area contributed by atoms with Gasteiger partial charge in [0.2, 0.25) is 0 Å². The van der Waals surface area contributed by atoms with E-state index in [1.165, 1.54) is 0 Å². The van der Waals surface area contributed by atoms with E-state index in [0.29, 0.717) is 5.92 Å². The average molecular weight is 386 g/mol. The van der Waals surface area contributed by atoms with Crippen molar-refractivity contribution in [1.82, 2.24) is 14.9 Å². The van der Waals surface area contributed by atoms with Crippen molar-refractivity contribution in [1.29, 1.82) is 0 Å². The second kappa shape index (κ2) is 7.75. The van der Waals surface area contributed by atoms with Crippen LogP contribution >= 0.6 is 0 Å². The van der Waals surface area contributed by atoms with Crippen LogP contribution in [0.3, 0.4) is 0 Å². The molecule has 0 spiro atoms. The van der Waals surface area contributed by atoms with E-state index in [-0.39, 0.29) is 11.3 Å². The molecule has 1 amide bonds. The monoisotopic (exact) mass is 385 g/mol. The van der Waals surface area contributed by atoms with Crippen LogP contribution in [0.25, 0.3) is 10.8 Å². The SMILES string of the molecule is CC(C)(C)C#Cc1cccc2c(C(=O)N3CCC(c4ncc[nH]4)CC3)cccc12. The zero-order chi connectivity index (χ0) is 20.4. The summed E-state index contributed by atoms with van der Waals surface area (Å²) in [7, 11) is 0. The van der Waals surface area contributed by atoms with Crippen molar-refractivity contribution in [3.63, 3.8) is 0 Å². The third-order valence-corrected chi connectivity index (χ3v) is 5.41. The number of fused-ring (bicyclic) bond motifs is 1. The number of hydrogen-bond donors (Lipinski definition) is 1. The predicted molar refractivity (Wildman–Crippen MR) is 117 cm³/mol. The van der Waals surface area contributed by atoms with E-state index in [9.17, 15) is 4.79 Å². The highest BCUT2D eigenvalue weighted by Gasteiger charge is 2.26. The molecule has 0 radical (unpaired) electrons. The molecule has 1 fully saturated rings. The number of imidazole rings is 1. The van der Waals surface area contributed by atoms with E-state index < -0.39 is 0 Å². The lowest BCUT2D eigenvalue weighted by Crippen LogP contribution is -2.38. The van der Waals surface area contributed by atoms with Gasteiger partial charge in [-0.15, -0.1) is 0 Å². The Morgan fingerprint density at radius 2 is 1.83 bits per heavy atom. The fraction of sp³-hybridized carbons (Fsp3) is 0.360. The van der Waals surface area contributed by atoms with Gasteiger partial charge in [-0.3, -0.25) is 4.79 Å². The molecule has 4 heteroatoms. The lowest BCUT2D eigenvalue weighted by atomic mass is 9.94. The first-order valence-corrected chi connectivity index (χ1v) is 10.3. The molecule has 148 valence electrons. The van der Waals surface area contributed by atoms with Crippen molar-refractivity contribution in [3.8, 4) is 11.8 Å². The number of hydrogen-bond acceptors (Lipinski definition) is 2. The number of benzene rings is 2. The van der Waals surface area contributed by atoms with Crippen LogP contribution in [0.4, 0.5) is 0 Å². The maximum absolute atomic E-state index is 13.3. The van der Waals surface area contributed by atoms with E-state index in [1.54, 1.807) is 6.20 Å². The summed E-state index contributed by atoms with van der Waals surface area (Å²) in [6, 6.07) is 12.0. The molecule has 4 rings (SSSR count). The first-order chi connectivity index (χ1) is 13.9. The van der Waals surface area contributed by atoms with Gasteiger partial charge in [0.05, 0.1) is 0 Å². The smallest absolute Gasteiger partial charge is 0.254 e. The second-order valence-corrected chi connectivity index (χ2v) is 8.75. The van der Waals surface area contributed by atoms with Gasteiger partial charge in [0, 0.05) is 47.9 Å². The van der Waals surface area contributed by atoms with Gasteiger partial charge in [0.15, 0.2) is 0 Å². The van der Waals surface area contributed by atoms with Gasteiger partial charge in [-0.1, -0.05) is 36.1 Å². The molecular weight excluding hydrogens is 358 g/mol. The normalized spacial score (nSPS) is 15.2. The fourth-order valence-corrected chi connectivity index (χ4v) is 3.89. The van der Waals surface area contributed by atoms with Gasteiger partial charge in [-0.2, -0.15) is 0 Å². The summed E-state index contributed by atoms with van der Waals surface area (Å²) in [5.41, 5.74) is 1.68. The minimum atomic E-state index is -0.0616. The molecule has 0 unspecified atom stereocenters. The number of nitrogens with one attached hydrogen (secondary N) is 1. The molecule has 1 saturated heterocycles. The zero-order valence-corrected chi connectivity index (χ0v) is 17.3. The Balaban J connectivity index is 1.59. The highest BCUT2D eigenvalue weighted by molar-refractivity contribution is 6.08. The molecule has 0 aliphatic carbocycles. The zero-order valence-electron chi connectivity index (χ0n) is 17.3. The van der Waals surface area contributed by atoms with Gasteiger partial charge in [-0.05, 0) is 56.5 Å². The summed E-state index contributed by atoms with van der Waals surface area (Å²) in [6.07, 6.45) is 5.53. The number of aromatic nitrogens is 2. The lowest BCUT2D eigenvalue weighted by molar-refractivity contribution is 0.0713. The van der Waals surface area contributed by atoms with Gasteiger partial charge in [0.1, 0.15) is 5.82 Å². The van der Waals surface area contributed by atoms with Crippen LogP contribution in [0.2, 0.25) is 0 Å². The number of likely N-dealkylation sites (tertiary alicyclic amines) is 1. The third kappa shape index (κ3) is 4.19. The Hall–Kier alpha value is -3.06. The van der Waals surface area contributed by atoms with E-state index >= 15 is 0 Å². The summed E-state index contributed by atoms with van der Waals surface area (Å²) in [5, 5.41) is 2.02. The summed E-state index contributed by atoms with van der Waals surface area (Å²) in [4.78, 5) is 22.9. The Kier molecular flexibility index (Phi) is 5.15. The minimum Gasteiger partial charge on any atom is -0.348 e. The Labute approximate surface area is 172 Å². The molecule has 3 aromatic rings. The first kappa shape index (κ1) is 19.3.